The molecule has 0 aromatic heterocycles. The fraction of sp³-hybridized carbons (Fsp3) is 0.0714. The molecule has 2 rings (SSSR count). The zero-order valence-corrected chi connectivity index (χ0v) is 10.4. The lowest BCUT2D eigenvalue weighted by atomic mass is 10.2. The molecule has 2 aromatic carbocycles. The predicted molar refractivity (Wildman–Crippen MR) is 71.0 cm³/mol. The van der Waals surface area contributed by atoms with E-state index in [1.54, 1.807) is 0 Å². The molecule has 0 spiro atoms. The molecule has 0 N–H and O–H groups in total. The van der Waals surface area contributed by atoms with Gasteiger partial charge in [-0.1, -0.05) is 35.9 Å². The molecule has 0 saturated carbocycles. The molecule has 0 atom stereocenters. The van der Waals surface area contributed by atoms with E-state index in [2.05, 4.69) is 23.8 Å². The fourth-order valence-electron chi connectivity index (χ4n) is 1.24. The van der Waals surface area contributed by atoms with Gasteiger partial charge in [0.2, 0.25) is 0 Å². The first-order chi connectivity index (χ1) is 9.13. The van der Waals surface area contributed by atoms with Gasteiger partial charge in [-0.05, 0) is 19.1 Å². The van der Waals surface area contributed by atoms with Crippen molar-refractivity contribution in [3.8, 4) is 5.75 Å². The van der Waals surface area contributed by atoms with E-state index in [1.165, 1.54) is 29.8 Å². The smallest absolute Gasteiger partial charge is 0.298 e. The van der Waals surface area contributed by atoms with Crippen LogP contribution < -0.4 is 4.74 Å². The highest BCUT2D eigenvalue weighted by Gasteiger charge is 2.03. The summed E-state index contributed by atoms with van der Waals surface area (Å²) in [7, 11) is 0. The van der Waals surface area contributed by atoms with Gasteiger partial charge in [0.1, 0.15) is 5.75 Å². The number of rotatable bonds is 3. The minimum absolute atomic E-state index is 0.0340. The highest BCUT2D eigenvalue weighted by atomic mass is 16.6. The van der Waals surface area contributed by atoms with E-state index in [9.17, 15) is 14.9 Å². The number of nitro benzene ring substituents is 1. The number of nitro groups is 1. The monoisotopic (exact) mass is 259 g/mol. The van der Waals surface area contributed by atoms with E-state index in [0.29, 0.717) is 0 Å². The van der Waals surface area contributed by atoms with Crippen molar-refractivity contribution in [2.45, 2.75) is 6.92 Å². The summed E-state index contributed by atoms with van der Waals surface area (Å²) in [5, 5.41) is 10.2. The van der Waals surface area contributed by atoms with Crippen LogP contribution in [0.1, 0.15) is 5.56 Å². The summed E-state index contributed by atoms with van der Waals surface area (Å²) in [6.07, 6.45) is 0. The molecule has 0 aliphatic rings. The lowest BCUT2D eigenvalue weighted by molar-refractivity contribution is -0.384. The largest absolute Gasteiger partial charge is 0.429 e. The van der Waals surface area contributed by atoms with Gasteiger partial charge in [0, 0.05) is 12.1 Å². The lowest BCUT2D eigenvalue weighted by Crippen LogP contribution is -1.90. The van der Waals surface area contributed by atoms with Crippen molar-refractivity contribution in [3.05, 3.63) is 70.3 Å². The third-order valence-corrected chi connectivity index (χ3v) is 2.17. The first kappa shape index (κ1) is 14.4. The van der Waals surface area contributed by atoms with E-state index < -0.39 is 4.92 Å². The number of ether oxygens (including phenoxy) is 1. The maximum Gasteiger partial charge on any atom is 0.298 e. The highest BCUT2D eigenvalue weighted by Crippen LogP contribution is 2.16. The van der Waals surface area contributed by atoms with E-state index in [0.717, 1.165) is 0 Å². The Labute approximate surface area is 110 Å². The second-order valence-corrected chi connectivity index (χ2v) is 3.62. The molecule has 0 fully saturated rings. The Morgan fingerprint density at radius 1 is 1.05 bits per heavy atom. The van der Waals surface area contributed by atoms with Gasteiger partial charge in [-0.25, -0.2) is 0 Å². The maximum absolute atomic E-state index is 10.2. The van der Waals surface area contributed by atoms with Gasteiger partial charge in [0.25, 0.3) is 12.2 Å². The van der Waals surface area contributed by atoms with Gasteiger partial charge < -0.3 is 4.74 Å². The van der Waals surface area contributed by atoms with Crippen LogP contribution in [-0.2, 0) is 4.79 Å². The molecule has 0 amide bonds. The Morgan fingerprint density at radius 3 is 2.00 bits per heavy atom. The minimum atomic E-state index is -0.523. The number of nitrogens with zero attached hydrogens (tertiary/aromatic N) is 1. The normalized spacial score (nSPS) is 8.89. The number of carbonyl (C=O) groups excluding carboxylic acids is 1. The molecular formula is C14H13NO4. The molecule has 0 unspecified atom stereocenters. The van der Waals surface area contributed by atoms with Crippen LogP contribution in [0.3, 0.4) is 0 Å². The van der Waals surface area contributed by atoms with Gasteiger partial charge >= 0.3 is 0 Å². The molecule has 98 valence electrons. The summed E-state index contributed by atoms with van der Waals surface area (Å²) in [5.74, 6) is 0.288. The zero-order valence-electron chi connectivity index (χ0n) is 10.4. The van der Waals surface area contributed by atoms with Crippen LogP contribution in [-0.4, -0.2) is 11.4 Å². The van der Waals surface area contributed by atoms with Crippen molar-refractivity contribution in [1.82, 2.24) is 0 Å². The second-order valence-electron chi connectivity index (χ2n) is 3.62. The topological polar surface area (TPSA) is 69.4 Å². The van der Waals surface area contributed by atoms with Crippen molar-refractivity contribution < 1.29 is 14.5 Å². The van der Waals surface area contributed by atoms with Crippen LogP contribution in [0.5, 0.6) is 5.75 Å². The third kappa shape index (κ3) is 5.45. The van der Waals surface area contributed by atoms with E-state index >= 15 is 0 Å². The molecule has 2 aromatic rings. The van der Waals surface area contributed by atoms with Crippen LogP contribution >= 0.6 is 0 Å². The van der Waals surface area contributed by atoms with Crippen LogP contribution in [0.25, 0.3) is 0 Å². The molecule has 0 heterocycles. The second kappa shape index (κ2) is 7.60. The number of hydrogen-bond donors (Lipinski definition) is 0. The Morgan fingerprint density at radius 2 is 1.63 bits per heavy atom. The lowest BCUT2D eigenvalue weighted by Gasteiger charge is -1.94. The minimum Gasteiger partial charge on any atom is -0.429 e. The molecule has 5 heteroatoms. The number of carbonyl (C=O) groups is 1. The van der Waals surface area contributed by atoms with Crippen LogP contribution in [0.15, 0.2) is 54.6 Å². The van der Waals surface area contributed by atoms with Crippen molar-refractivity contribution in [2.75, 3.05) is 0 Å². The molecule has 0 radical (unpaired) electrons. The summed E-state index contributed by atoms with van der Waals surface area (Å²) < 4.78 is 4.44. The standard InChI is InChI=1S/C7H5NO4.C7H8/c9-5-12-7-3-1-6(2-4-7)8(10)11;1-7-5-3-2-4-6-7/h1-5H;2-6H,1H3. The summed E-state index contributed by atoms with van der Waals surface area (Å²) >= 11 is 0. The summed E-state index contributed by atoms with van der Waals surface area (Å²) in [6.45, 7) is 2.35. The molecular weight excluding hydrogens is 246 g/mol. The highest BCUT2D eigenvalue weighted by molar-refractivity contribution is 5.46. The summed E-state index contributed by atoms with van der Waals surface area (Å²) in [4.78, 5) is 19.5. The van der Waals surface area contributed by atoms with Crippen LogP contribution in [0.2, 0.25) is 0 Å². The molecule has 0 aliphatic heterocycles. The van der Waals surface area contributed by atoms with Crippen molar-refractivity contribution in [1.29, 1.82) is 0 Å². The fourth-order valence-corrected chi connectivity index (χ4v) is 1.24. The van der Waals surface area contributed by atoms with Gasteiger partial charge in [0.05, 0.1) is 4.92 Å². The SMILES string of the molecule is Cc1ccccc1.O=COc1ccc([N+](=O)[O-])cc1. The molecule has 5 nitrogen and oxygen atoms in total. The Kier molecular flexibility index (Phi) is 5.75. The van der Waals surface area contributed by atoms with E-state index in [-0.39, 0.29) is 17.9 Å². The van der Waals surface area contributed by atoms with Crippen molar-refractivity contribution in [2.24, 2.45) is 0 Å². The summed E-state index contributed by atoms with van der Waals surface area (Å²) in [5.41, 5.74) is 1.29. The molecule has 0 aliphatic carbocycles. The maximum atomic E-state index is 10.2. The van der Waals surface area contributed by atoms with Crippen molar-refractivity contribution in [3.63, 3.8) is 0 Å². The van der Waals surface area contributed by atoms with Crippen molar-refractivity contribution >= 4 is 12.2 Å². The average molecular weight is 259 g/mol. The van der Waals surface area contributed by atoms with E-state index in [4.69, 9.17) is 0 Å². The predicted octanol–water partition coefficient (Wildman–Crippen LogP) is 3.13. The quantitative estimate of drug-likeness (QED) is 0.482. The van der Waals surface area contributed by atoms with Gasteiger partial charge in [-0.2, -0.15) is 0 Å². The van der Waals surface area contributed by atoms with Crippen LogP contribution in [0, 0.1) is 17.0 Å². The first-order valence-corrected chi connectivity index (χ1v) is 5.50. The third-order valence-electron chi connectivity index (χ3n) is 2.17. The number of aryl methyl sites for hydroxylation is 1. The number of benzene rings is 2. The van der Waals surface area contributed by atoms with Gasteiger partial charge in [0.15, 0.2) is 0 Å². The Balaban J connectivity index is 0.000000218. The van der Waals surface area contributed by atoms with Gasteiger partial charge in [-0.3, -0.25) is 14.9 Å². The molecule has 0 bridgehead atoms. The molecule has 19 heavy (non-hydrogen) atoms. The Hall–Kier alpha value is -2.69. The average Bonchev–Trinajstić information content (AvgIpc) is 2.41. The first-order valence-electron chi connectivity index (χ1n) is 5.50. The van der Waals surface area contributed by atoms with E-state index in [1.807, 2.05) is 18.2 Å². The summed E-state index contributed by atoms with van der Waals surface area (Å²) in [6, 6.07) is 15.5. The van der Waals surface area contributed by atoms with Crippen LogP contribution in [0.4, 0.5) is 5.69 Å². The Bertz CT molecular complexity index is 523. The number of non-ortho nitro benzene ring substituents is 1. The zero-order chi connectivity index (χ0) is 14.1. The number of hydrogen-bond acceptors (Lipinski definition) is 4. The molecule has 0 saturated heterocycles. The van der Waals surface area contributed by atoms with Gasteiger partial charge in [-0.15, -0.1) is 0 Å².